The standard InChI is InChI=1S/C12H24N2O2/c1-5-14(10-6-7-10)9(2)8-12(3,13)11(15)16-4/h9-10H,5-8,13H2,1-4H3. The lowest BCUT2D eigenvalue weighted by atomic mass is 9.94. The average Bonchev–Trinajstić information content (AvgIpc) is 3.01. The molecule has 0 saturated heterocycles. The summed E-state index contributed by atoms with van der Waals surface area (Å²) in [6.45, 7) is 7.05. The van der Waals surface area contributed by atoms with Crippen LogP contribution in [0.15, 0.2) is 0 Å². The molecule has 2 unspecified atom stereocenters. The Morgan fingerprint density at radius 2 is 2.19 bits per heavy atom. The topological polar surface area (TPSA) is 55.6 Å². The van der Waals surface area contributed by atoms with Crippen LogP contribution in [0.2, 0.25) is 0 Å². The molecule has 2 atom stereocenters. The van der Waals surface area contributed by atoms with Crippen molar-refractivity contribution in [2.45, 2.75) is 57.7 Å². The molecule has 1 fully saturated rings. The molecule has 94 valence electrons. The van der Waals surface area contributed by atoms with Gasteiger partial charge in [-0.3, -0.25) is 9.69 Å². The van der Waals surface area contributed by atoms with Crippen molar-refractivity contribution in [3.8, 4) is 0 Å². The van der Waals surface area contributed by atoms with E-state index >= 15 is 0 Å². The smallest absolute Gasteiger partial charge is 0.325 e. The van der Waals surface area contributed by atoms with Gasteiger partial charge in [-0.05, 0) is 39.7 Å². The molecule has 0 heterocycles. The lowest BCUT2D eigenvalue weighted by Gasteiger charge is -2.33. The van der Waals surface area contributed by atoms with Crippen LogP contribution in [0.3, 0.4) is 0 Å². The Morgan fingerprint density at radius 1 is 1.62 bits per heavy atom. The van der Waals surface area contributed by atoms with E-state index in [0.717, 1.165) is 6.54 Å². The van der Waals surface area contributed by atoms with E-state index in [-0.39, 0.29) is 5.97 Å². The number of esters is 1. The van der Waals surface area contributed by atoms with Crippen LogP contribution in [0.4, 0.5) is 0 Å². The molecule has 1 rings (SSSR count). The SMILES string of the molecule is CCN(C(C)CC(C)(N)C(=O)OC)C1CC1. The number of methoxy groups -OCH3 is 1. The number of rotatable bonds is 6. The highest BCUT2D eigenvalue weighted by Crippen LogP contribution is 2.30. The van der Waals surface area contributed by atoms with Gasteiger partial charge in [-0.1, -0.05) is 6.92 Å². The fraction of sp³-hybridized carbons (Fsp3) is 0.917. The largest absolute Gasteiger partial charge is 0.468 e. The minimum atomic E-state index is -0.878. The van der Waals surface area contributed by atoms with Crippen molar-refractivity contribution in [3.63, 3.8) is 0 Å². The number of hydrogen-bond donors (Lipinski definition) is 1. The lowest BCUT2D eigenvalue weighted by Crippen LogP contribution is -2.51. The van der Waals surface area contributed by atoms with E-state index < -0.39 is 5.54 Å². The van der Waals surface area contributed by atoms with Crippen LogP contribution < -0.4 is 5.73 Å². The molecular formula is C12H24N2O2. The van der Waals surface area contributed by atoms with E-state index in [1.165, 1.54) is 20.0 Å². The Kier molecular flexibility index (Phi) is 4.33. The Balaban J connectivity index is 2.54. The number of ether oxygens (including phenoxy) is 1. The zero-order valence-corrected chi connectivity index (χ0v) is 10.8. The maximum absolute atomic E-state index is 11.5. The Hall–Kier alpha value is -0.610. The van der Waals surface area contributed by atoms with Gasteiger partial charge in [0.1, 0.15) is 5.54 Å². The normalized spacial score (nSPS) is 21.6. The van der Waals surface area contributed by atoms with E-state index in [2.05, 4.69) is 18.7 Å². The van der Waals surface area contributed by atoms with Gasteiger partial charge in [-0.25, -0.2) is 0 Å². The first-order chi connectivity index (χ1) is 7.42. The predicted molar refractivity (Wildman–Crippen MR) is 64.1 cm³/mol. The highest BCUT2D eigenvalue weighted by Gasteiger charge is 2.37. The Morgan fingerprint density at radius 3 is 2.56 bits per heavy atom. The molecule has 0 radical (unpaired) electrons. The summed E-state index contributed by atoms with van der Waals surface area (Å²) in [7, 11) is 1.39. The summed E-state index contributed by atoms with van der Waals surface area (Å²) in [6, 6.07) is 1.03. The quantitative estimate of drug-likeness (QED) is 0.693. The fourth-order valence-electron chi connectivity index (χ4n) is 2.38. The molecule has 1 saturated carbocycles. The number of carbonyl (C=O) groups excluding carboxylic acids is 1. The van der Waals surface area contributed by atoms with Crippen LogP contribution in [0.5, 0.6) is 0 Å². The van der Waals surface area contributed by atoms with E-state index in [1.54, 1.807) is 6.92 Å². The van der Waals surface area contributed by atoms with Gasteiger partial charge in [0, 0.05) is 12.1 Å². The highest BCUT2D eigenvalue weighted by atomic mass is 16.5. The summed E-state index contributed by atoms with van der Waals surface area (Å²) < 4.78 is 4.72. The van der Waals surface area contributed by atoms with Crippen LogP contribution in [0.25, 0.3) is 0 Å². The van der Waals surface area contributed by atoms with Crippen molar-refractivity contribution in [2.75, 3.05) is 13.7 Å². The van der Waals surface area contributed by atoms with Crippen LogP contribution >= 0.6 is 0 Å². The molecule has 0 bridgehead atoms. The molecule has 0 aliphatic heterocycles. The van der Waals surface area contributed by atoms with Crippen LogP contribution in [0.1, 0.15) is 40.0 Å². The van der Waals surface area contributed by atoms with Crippen molar-refractivity contribution >= 4 is 5.97 Å². The lowest BCUT2D eigenvalue weighted by molar-refractivity contribution is -0.147. The van der Waals surface area contributed by atoms with E-state index in [4.69, 9.17) is 10.5 Å². The molecule has 0 spiro atoms. The van der Waals surface area contributed by atoms with Crippen LogP contribution in [-0.4, -0.2) is 42.1 Å². The summed E-state index contributed by atoms with van der Waals surface area (Å²) >= 11 is 0. The molecular weight excluding hydrogens is 204 g/mol. The number of nitrogens with zero attached hydrogens (tertiary/aromatic N) is 1. The predicted octanol–water partition coefficient (Wildman–Crippen LogP) is 1.14. The molecule has 16 heavy (non-hydrogen) atoms. The number of hydrogen-bond acceptors (Lipinski definition) is 4. The summed E-state index contributed by atoms with van der Waals surface area (Å²) in [5.74, 6) is -0.328. The molecule has 0 aromatic carbocycles. The van der Waals surface area contributed by atoms with Crippen molar-refractivity contribution in [3.05, 3.63) is 0 Å². The second-order valence-electron chi connectivity index (χ2n) is 5.02. The summed E-state index contributed by atoms with van der Waals surface area (Å²) in [5, 5.41) is 0. The minimum absolute atomic E-state index is 0.326. The number of nitrogens with two attached hydrogens (primary N) is 1. The van der Waals surface area contributed by atoms with Gasteiger partial charge in [-0.15, -0.1) is 0 Å². The molecule has 1 aliphatic carbocycles. The second kappa shape index (κ2) is 5.15. The van der Waals surface area contributed by atoms with Gasteiger partial charge in [0.2, 0.25) is 0 Å². The zero-order valence-electron chi connectivity index (χ0n) is 10.8. The summed E-state index contributed by atoms with van der Waals surface area (Å²) in [4.78, 5) is 13.9. The van der Waals surface area contributed by atoms with E-state index in [9.17, 15) is 4.79 Å². The number of carbonyl (C=O) groups is 1. The highest BCUT2D eigenvalue weighted by molar-refractivity contribution is 5.79. The second-order valence-corrected chi connectivity index (χ2v) is 5.02. The first-order valence-electron chi connectivity index (χ1n) is 6.05. The van der Waals surface area contributed by atoms with Gasteiger partial charge in [-0.2, -0.15) is 0 Å². The zero-order chi connectivity index (χ0) is 12.3. The minimum Gasteiger partial charge on any atom is -0.468 e. The first-order valence-corrected chi connectivity index (χ1v) is 6.05. The molecule has 2 N–H and O–H groups in total. The van der Waals surface area contributed by atoms with Gasteiger partial charge in [0.25, 0.3) is 0 Å². The molecule has 1 aliphatic rings. The molecule has 0 amide bonds. The molecule has 4 nitrogen and oxygen atoms in total. The third kappa shape index (κ3) is 3.19. The monoisotopic (exact) mass is 228 g/mol. The van der Waals surface area contributed by atoms with Crippen molar-refractivity contribution < 1.29 is 9.53 Å². The van der Waals surface area contributed by atoms with Gasteiger partial charge in [0.15, 0.2) is 0 Å². The maximum Gasteiger partial charge on any atom is 0.325 e. The molecule has 4 heteroatoms. The van der Waals surface area contributed by atoms with Crippen LogP contribution in [0, 0.1) is 0 Å². The van der Waals surface area contributed by atoms with Crippen LogP contribution in [-0.2, 0) is 9.53 Å². The van der Waals surface area contributed by atoms with Gasteiger partial charge >= 0.3 is 5.97 Å². The van der Waals surface area contributed by atoms with Crippen molar-refractivity contribution in [1.29, 1.82) is 0 Å². The van der Waals surface area contributed by atoms with E-state index in [1.807, 2.05) is 0 Å². The third-order valence-electron chi connectivity index (χ3n) is 3.32. The summed E-state index contributed by atoms with van der Waals surface area (Å²) in [5.41, 5.74) is 5.11. The third-order valence-corrected chi connectivity index (χ3v) is 3.32. The molecule has 0 aromatic heterocycles. The molecule has 0 aromatic rings. The Bertz CT molecular complexity index is 249. The van der Waals surface area contributed by atoms with Crippen molar-refractivity contribution in [2.24, 2.45) is 5.73 Å². The summed E-state index contributed by atoms with van der Waals surface area (Å²) in [6.07, 6.45) is 3.19. The van der Waals surface area contributed by atoms with Gasteiger partial charge in [0.05, 0.1) is 7.11 Å². The van der Waals surface area contributed by atoms with E-state index in [0.29, 0.717) is 18.5 Å². The first kappa shape index (κ1) is 13.5. The maximum atomic E-state index is 11.5. The fourth-order valence-corrected chi connectivity index (χ4v) is 2.38. The Labute approximate surface area is 98.1 Å². The van der Waals surface area contributed by atoms with Crippen molar-refractivity contribution in [1.82, 2.24) is 4.90 Å². The van der Waals surface area contributed by atoms with Gasteiger partial charge < -0.3 is 10.5 Å². The average molecular weight is 228 g/mol.